The average molecular weight is 215 g/mol. The summed E-state index contributed by atoms with van der Waals surface area (Å²) in [5.74, 6) is 1.42. The number of nitrogens with zero attached hydrogens (tertiary/aromatic N) is 1. The van der Waals surface area contributed by atoms with Gasteiger partial charge in [-0.3, -0.25) is 0 Å². The number of hydrogen-bond donors (Lipinski definition) is 2. The van der Waals surface area contributed by atoms with Crippen LogP contribution >= 0.6 is 0 Å². The van der Waals surface area contributed by atoms with Crippen molar-refractivity contribution in [2.24, 2.45) is 0 Å². The molecule has 2 N–H and O–H groups in total. The summed E-state index contributed by atoms with van der Waals surface area (Å²) in [5, 5.41) is 3.26. The molecule has 0 fully saturated rings. The molecule has 3 nitrogen and oxygen atoms in total. The number of H-pyrrole nitrogens is 1. The number of nitrogens with one attached hydrogen (secondary N) is 2. The number of rotatable bonds is 5. The summed E-state index contributed by atoms with van der Waals surface area (Å²) in [6.07, 6.45) is 4.68. The van der Waals surface area contributed by atoms with Gasteiger partial charge in [0.2, 0.25) is 0 Å². The van der Waals surface area contributed by atoms with E-state index in [0.717, 1.165) is 18.9 Å². The first-order valence-electron chi connectivity index (χ1n) is 5.64. The number of hydrogen-bond acceptors (Lipinski definition) is 2. The van der Waals surface area contributed by atoms with Gasteiger partial charge >= 0.3 is 0 Å². The highest BCUT2D eigenvalue weighted by atomic mass is 15.1. The Morgan fingerprint density at radius 1 is 1.31 bits per heavy atom. The molecule has 3 heteroatoms. The van der Waals surface area contributed by atoms with Crippen LogP contribution in [0.15, 0.2) is 42.7 Å². The van der Waals surface area contributed by atoms with Crippen molar-refractivity contribution in [3.8, 4) is 0 Å². The largest absolute Gasteiger partial charge is 0.356 e. The molecule has 1 aromatic carbocycles. The van der Waals surface area contributed by atoms with Crippen LogP contribution in [0.25, 0.3) is 0 Å². The third-order valence-electron chi connectivity index (χ3n) is 2.74. The van der Waals surface area contributed by atoms with Gasteiger partial charge in [0, 0.05) is 18.9 Å². The van der Waals surface area contributed by atoms with Crippen LogP contribution in [0, 0.1) is 0 Å². The summed E-state index contributed by atoms with van der Waals surface area (Å²) in [6.45, 7) is 3.18. The van der Waals surface area contributed by atoms with E-state index in [1.807, 2.05) is 6.20 Å². The zero-order valence-electron chi connectivity index (χ0n) is 9.48. The van der Waals surface area contributed by atoms with Crippen molar-refractivity contribution in [2.45, 2.75) is 19.3 Å². The summed E-state index contributed by atoms with van der Waals surface area (Å²) < 4.78 is 0. The Labute approximate surface area is 95.9 Å². The molecule has 0 saturated carbocycles. The van der Waals surface area contributed by atoms with Crippen LogP contribution in [0.3, 0.4) is 0 Å². The molecular formula is C13H17N3. The smallest absolute Gasteiger partial charge is 0.200 e. The highest BCUT2D eigenvalue weighted by molar-refractivity contribution is 5.23. The molecule has 2 rings (SSSR count). The predicted molar refractivity (Wildman–Crippen MR) is 66.6 cm³/mol. The molecule has 84 valence electrons. The van der Waals surface area contributed by atoms with E-state index < -0.39 is 0 Å². The Hall–Kier alpha value is -1.77. The second kappa shape index (κ2) is 5.35. The number of anilines is 1. The van der Waals surface area contributed by atoms with Gasteiger partial charge in [-0.05, 0) is 17.9 Å². The number of aromatic nitrogens is 2. The van der Waals surface area contributed by atoms with Crippen LogP contribution in [-0.4, -0.2) is 16.5 Å². The van der Waals surface area contributed by atoms with E-state index in [0.29, 0.717) is 5.92 Å². The van der Waals surface area contributed by atoms with Crippen molar-refractivity contribution in [3.05, 3.63) is 48.3 Å². The fourth-order valence-corrected chi connectivity index (χ4v) is 1.72. The van der Waals surface area contributed by atoms with Gasteiger partial charge in [0.05, 0.1) is 0 Å². The Balaban J connectivity index is 1.78. The zero-order valence-corrected chi connectivity index (χ0v) is 9.48. The summed E-state index contributed by atoms with van der Waals surface area (Å²) in [6, 6.07) is 10.6. The molecule has 0 aliphatic heterocycles. The lowest BCUT2D eigenvalue weighted by Crippen LogP contribution is -2.06. The van der Waals surface area contributed by atoms with Crippen molar-refractivity contribution in [3.63, 3.8) is 0 Å². The molecule has 2 aromatic rings. The maximum absolute atomic E-state index is 4.12. The number of benzene rings is 1. The van der Waals surface area contributed by atoms with Crippen molar-refractivity contribution in [2.75, 3.05) is 11.9 Å². The average Bonchev–Trinajstić information content (AvgIpc) is 2.83. The molecule has 16 heavy (non-hydrogen) atoms. The van der Waals surface area contributed by atoms with Gasteiger partial charge in [0.25, 0.3) is 0 Å². The normalized spacial score (nSPS) is 12.3. The second-order valence-electron chi connectivity index (χ2n) is 3.96. The van der Waals surface area contributed by atoms with Crippen molar-refractivity contribution in [1.29, 1.82) is 0 Å². The van der Waals surface area contributed by atoms with Gasteiger partial charge in [-0.15, -0.1) is 0 Å². The highest BCUT2D eigenvalue weighted by Gasteiger charge is 2.04. The maximum atomic E-state index is 4.12. The SMILES string of the molecule is CC(CCNc1ncc[nH]1)c1ccccc1. The Kier molecular flexibility index (Phi) is 3.59. The summed E-state index contributed by atoms with van der Waals surface area (Å²) in [4.78, 5) is 7.15. The molecule has 0 aliphatic carbocycles. The molecule has 0 aliphatic rings. The molecule has 1 aromatic heterocycles. The Bertz CT molecular complexity index is 394. The molecule has 0 amide bonds. The van der Waals surface area contributed by atoms with E-state index in [4.69, 9.17) is 0 Å². The highest BCUT2D eigenvalue weighted by Crippen LogP contribution is 2.17. The van der Waals surface area contributed by atoms with E-state index >= 15 is 0 Å². The summed E-state index contributed by atoms with van der Waals surface area (Å²) in [7, 11) is 0. The lowest BCUT2D eigenvalue weighted by molar-refractivity contribution is 0.704. The van der Waals surface area contributed by atoms with Gasteiger partial charge < -0.3 is 10.3 Å². The van der Waals surface area contributed by atoms with Crippen LogP contribution in [0.1, 0.15) is 24.8 Å². The fourth-order valence-electron chi connectivity index (χ4n) is 1.72. The van der Waals surface area contributed by atoms with Gasteiger partial charge in [0.15, 0.2) is 5.95 Å². The summed E-state index contributed by atoms with van der Waals surface area (Å²) in [5.41, 5.74) is 1.39. The lowest BCUT2D eigenvalue weighted by Gasteiger charge is -2.11. The lowest BCUT2D eigenvalue weighted by atomic mass is 9.98. The zero-order chi connectivity index (χ0) is 11.2. The molecule has 1 unspecified atom stereocenters. The first-order valence-corrected chi connectivity index (χ1v) is 5.64. The Morgan fingerprint density at radius 2 is 2.12 bits per heavy atom. The van der Waals surface area contributed by atoms with Crippen molar-refractivity contribution >= 4 is 5.95 Å². The van der Waals surface area contributed by atoms with E-state index in [1.54, 1.807) is 6.20 Å². The molecule has 0 radical (unpaired) electrons. The second-order valence-corrected chi connectivity index (χ2v) is 3.96. The van der Waals surface area contributed by atoms with Gasteiger partial charge in [0.1, 0.15) is 0 Å². The first-order chi connectivity index (χ1) is 7.86. The van der Waals surface area contributed by atoms with Crippen LogP contribution < -0.4 is 5.32 Å². The third kappa shape index (κ3) is 2.86. The minimum atomic E-state index is 0.573. The Morgan fingerprint density at radius 3 is 2.81 bits per heavy atom. The van der Waals surface area contributed by atoms with Crippen LogP contribution in [0.5, 0.6) is 0 Å². The molecule has 0 bridgehead atoms. The first kappa shape index (κ1) is 10.7. The molecule has 1 atom stereocenters. The third-order valence-corrected chi connectivity index (χ3v) is 2.74. The van der Waals surface area contributed by atoms with Gasteiger partial charge in [-0.2, -0.15) is 0 Å². The quantitative estimate of drug-likeness (QED) is 0.805. The standard InChI is InChI=1S/C13H17N3/c1-11(12-5-3-2-4-6-12)7-8-14-13-15-9-10-16-13/h2-6,9-11H,7-8H2,1H3,(H2,14,15,16). The minimum Gasteiger partial charge on any atom is -0.356 e. The van der Waals surface area contributed by atoms with Crippen LogP contribution in [0.4, 0.5) is 5.95 Å². The van der Waals surface area contributed by atoms with E-state index in [9.17, 15) is 0 Å². The molecule has 0 spiro atoms. The molecule has 0 saturated heterocycles. The van der Waals surface area contributed by atoms with Gasteiger partial charge in [-0.25, -0.2) is 4.98 Å². The number of aromatic amines is 1. The van der Waals surface area contributed by atoms with Crippen LogP contribution in [0.2, 0.25) is 0 Å². The molecule has 1 heterocycles. The maximum Gasteiger partial charge on any atom is 0.200 e. The van der Waals surface area contributed by atoms with Gasteiger partial charge in [-0.1, -0.05) is 37.3 Å². The summed E-state index contributed by atoms with van der Waals surface area (Å²) >= 11 is 0. The van der Waals surface area contributed by atoms with E-state index in [1.165, 1.54) is 5.56 Å². The van der Waals surface area contributed by atoms with Crippen LogP contribution in [-0.2, 0) is 0 Å². The van der Waals surface area contributed by atoms with E-state index in [-0.39, 0.29) is 0 Å². The predicted octanol–water partition coefficient (Wildman–Crippen LogP) is 3.02. The topological polar surface area (TPSA) is 40.7 Å². The minimum absolute atomic E-state index is 0.573. The van der Waals surface area contributed by atoms with Crippen molar-refractivity contribution < 1.29 is 0 Å². The monoisotopic (exact) mass is 215 g/mol. The molecular weight excluding hydrogens is 198 g/mol. The fraction of sp³-hybridized carbons (Fsp3) is 0.308. The van der Waals surface area contributed by atoms with Crippen molar-refractivity contribution in [1.82, 2.24) is 9.97 Å². The van der Waals surface area contributed by atoms with E-state index in [2.05, 4.69) is 52.5 Å². The number of imidazole rings is 1.